The molecule has 0 aliphatic rings. The summed E-state index contributed by atoms with van der Waals surface area (Å²) in [6, 6.07) is 0. The van der Waals surface area contributed by atoms with E-state index in [1.54, 1.807) is 0 Å². The van der Waals surface area contributed by atoms with Gasteiger partial charge in [0.1, 0.15) is 0 Å². The predicted octanol–water partition coefficient (Wildman–Crippen LogP) is 1.22. The maximum atomic E-state index is 10.9. The molecule has 0 aromatic carbocycles. The van der Waals surface area contributed by atoms with Crippen molar-refractivity contribution >= 4 is 33.4 Å². The minimum absolute atomic E-state index is 0.300. The van der Waals surface area contributed by atoms with Gasteiger partial charge in [-0.1, -0.05) is 20.4 Å². The zero-order valence-corrected chi connectivity index (χ0v) is 8.11. The van der Waals surface area contributed by atoms with Gasteiger partial charge in [0, 0.05) is 5.33 Å². The highest BCUT2D eigenvalue weighted by atomic mass is 79.9. The van der Waals surface area contributed by atoms with Gasteiger partial charge < -0.3 is 4.74 Å². The number of nitrogens with zero attached hydrogens (tertiary/aromatic N) is 2. The molecule has 60 valence electrons. The smallest absolute Gasteiger partial charge is 0.359 e. The summed E-state index contributed by atoms with van der Waals surface area (Å²) in [5.41, 5.74) is 0.300. The molecule has 0 fully saturated rings. The van der Waals surface area contributed by atoms with Crippen LogP contribution < -0.4 is 0 Å². The van der Waals surface area contributed by atoms with Gasteiger partial charge in [-0.05, 0) is 11.5 Å². The molecule has 1 aromatic heterocycles. The lowest BCUT2D eigenvalue weighted by Crippen LogP contribution is -2.03. The van der Waals surface area contributed by atoms with E-state index in [2.05, 4.69) is 30.3 Å². The van der Waals surface area contributed by atoms with Crippen LogP contribution in [0.3, 0.4) is 0 Å². The number of rotatable bonds is 2. The monoisotopic (exact) mass is 236 g/mol. The second-order valence-electron chi connectivity index (χ2n) is 1.67. The number of esters is 1. The van der Waals surface area contributed by atoms with Gasteiger partial charge in [0.2, 0.25) is 0 Å². The highest BCUT2D eigenvalue weighted by Gasteiger charge is 2.15. The Kier molecular flexibility index (Phi) is 2.95. The summed E-state index contributed by atoms with van der Waals surface area (Å²) in [6.45, 7) is 0. The maximum absolute atomic E-state index is 10.9. The number of halogens is 1. The topological polar surface area (TPSA) is 52.1 Å². The lowest BCUT2D eigenvalue weighted by Gasteiger charge is -1.93. The Morgan fingerprint density at radius 3 is 3.09 bits per heavy atom. The number of aromatic nitrogens is 2. The van der Waals surface area contributed by atoms with Crippen LogP contribution in [0.4, 0.5) is 0 Å². The molecular weight excluding hydrogens is 232 g/mol. The van der Waals surface area contributed by atoms with Gasteiger partial charge >= 0.3 is 5.97 Å². The van der Waals surface area contributed by atoms with Crippen LogP contribution >= 0.6 is 27.5 Å². The normalized spacial score (nSPS) is 9.64. The maximum Gasteiger partial charge on any atom is 0.359 e. The molecule has 0 atom stereocenters. The third-order valence-corrected chi connectivity index (χ3v) is 2.71. The molecule has 0 saturated carbocycles. The highest BCUT2D eigenvalue weighted by Crippen LogP contribution is 2.14. The summed E-state index contributed by atoms with van der Waals surface area (Å²) in [5, 5.41) is 4.20. The molecule has 0 spiro atoms. The van der Waals surface area contributed by atoms with E-state index in [1.165, 1.54) is 18.6 Å². The average Bonchev–Trinajstić information content (AvgIpc) is 2.50. The molecule has 4 nitrogen and oxygen atoms in total. The number of carbonyl (C=O) groups is 1. The minimum Gasteiger partial charge on any atom is -0.464 e. The van der Waals surface area contributed by atoms with Crippen molar-refractivity contribution in [1.29, 1.82) is 0 Å². The summed E-state index contributed by atoms with van der Waals surface area (Å²) in [7, 11) is 1.32. The first-order valence-corrected chi connectivity index (χ1v) is 4.64. The molecular formula is C5H5BrN2O2S. The SMILES string of the molecule is COC(=O)c1nnsc1CBr. The molecule has 0 N–H and O–H groups in total. The highest BCUT2D eigenvalue weighted by molar-refractivity contribution is 9.08. The summed E-state index contributed by atoms with van der Waals surface area (Å²) in [4.78, 5) is 11.7. The summed E-state index contributed by atoms with van der Waals surface area (Å²) in [5.74, 6) is -0.437. The molecule has 1 aromatic rings. The molecule has 0 radical (unpaired) electrons. The summed E-state index contributed by atoms with van der Waals surface area (Å²) < 4.78 is 8.10. The number of carbonyl (C=O) groups excluding carboxylic acids is 1. The quantitative estimate of drug-likeness (QED) is 0.573. The Morgan fingerprint density at radius 1 is 1.82 bits per heavy atom. The second-order valence-corrected chi connectivity index (χ2v) is 3.07. The van der Waals surface area contributed by atoms with Gasteiger partial charge in [-0.15, -0.1) is 5.10 Å². The Labute approximate surface area is 75.9 Å². The molecule has 0 bridgehead atoms. The molecule has 11 heavy (non-hydrogen) atoms. The van der Waals surface area contributed by atoms with E-state index >= 15 is 0 Å². The van der Waals surface area contributed by atoms with Crippen LogP contribution in [0.25, 0.3) is 0 Å². The lowest BCUT2D eigenvalue weighted by molar-refractivity contribution is 0.0593. The second kappa shape index (κ2) is 3.77. The van der Waals surface area contributed by atoms with Crippen LogP contribution in [0.5, 0.6) is 0 Å². The van der Waals surface area contributed by atoms with Crippen molar-refractivity contribution in [2.45, 2.75) is 5.33 Å². The number of methoxy groups -OCH3 is 1. The van der Waals surface area contributed by atoms with Gasteiger partial charge in [-0.2, -0.15) is 0 Å². The fraction of sp³-hybridized carbons (Fsp3) is 0.400. The molecule has 0 amide bonds. The Bertz CT molecular complexity index is 263. The van der Waals surface area contributed by atoms with E-state index in [0.717, 1.165) is 4.88 Å². The van der Waals surface area contributed by atoms with Gasteiger partial charge in [0.25, 0.3) is 0 Å². The first-order valence-electron chi connectivity index (χ1n) is 2.75. The van der Waals surface area contributed by atoms with Crippen molar-refractivity contribution < 1.29 is 9.53 Å². The first kappa shape index (κ1) is 8.61. The minimum atomic E-state index is -0.437. The third-order valence-electron chi connectivity index (χ3n) is 1.06. The van der Waals surface area contributed by atoms with Crippen LogP contribution in [0, 0.1) is 0 Å². The van der Waals surface area contributed by atoms with Crippen molar-refractivity contribution in [2.24, 2.45) is 0 Å². The van der Waals surface area contributed by atoms with E-state index in [1.807, 2.05) is 0 Å². The largest absolute Gasteiger partial charge is 0.464 e. The van der Waals surface area contributed by atoms with Gasteiger partial charge in [-0.3, -0.25) is 0 Å². The van der Waals surface area contributed by atoms with E-state index < -0.39 is 5.97 Å². The number of hydrogen-bond acceptors (Lipinski definition) is 5. The average molecular weight is 237 g/mol. The zero-order chi connectivity index (χ0) is 8.27. The Balaban J connectivity index is 2.92. The molecule has 0 aliphatic carbocycles. The van der Waals surface area contributed by atoms with Gasteiger partial charge in [-0.25, -0.2) is 4.79 Å². The van der Waals surface area contributed by atoms with E-state index in [4.69, 9.17) is 0 Å². The van der Waals surface area contributed by atoms with Crippen LogP contribution in [0.15, 0.2) is 0 Å². The van der Waals surface area contributed by atoms with Crippen molar-refractivity contribution in [3.63, 3.8) is 0 Å². The number of alkyl halides is 1. The molecule has 0 unspecified atom stereocenters. The van der Waals surface area contributed by atoms with Gasteiger partial charge in [0.05, 0.1) is 12.0 Å². The molecule has 1 heterocycles. The van der Waals surface area contributed by atoms with E-state index in [9.17, 15) is 4.79 Å². The summed E-state index contributed by atoms with van der Waals surface area (Å²) in [6.07, 6.45) is 0. The lowest BCUT2D eigenvalue weighted by atomic mass is 10.4. The summed E-state index contributed by atoms with van der Waals surface area (Å²) >= 11 is 4.39. The molecule has 0 aliphatic heterocycles. The number of hydrogen-bond donors (Lipinski definition) is 0. The molecule has 6 heteroatoms. The third kappa shape index (κ3) is 1.75. The molecule has 1 rings (SSSR count). The van der Waals surface area contributed by atoms with Crippen LogP contribution in [-0.4, -0.2) is 22.7 Å². The van der Waals surface area contributed by atoms with E-state index in [-0.39, 0.29) is 0 Å². The Hall–Kier alpha value is -0.490. The molecule has 0 saturated heterocycles. The van der Waals surface area contributed by atoms with Crippen LogP contribution in [0.2, 0.25) is 0 Å². The fourth-order valence-corrected chi connectivity index (χ4v) is 1.60. The first-order chi connectivity index (χ1) is 5.29. The Morgan fingerprint density at radius 2 is 2.55 bits per heavy atom. The zero-order valence-electron chi connectivity index (χ0n) is 5.70. The number of ether oxygens (including phenoxy) is 1. The van der Waals surface area contributed by atoms with Crippen LogP contribution in [0.1, 0.15) is 15.4 Å². The fourth-order valence-electron chi connectivity index (χ4n) is 0.549. The standard InChI is InChI=1S/C5H5BrN2O2S/c1-10-5(9)4-3(2-6)11-8-7-4/h2H2,1H3. The van der Waals surface area contributed by atoms with Crippen molar-refractivity contribution in [3.8, 4) is 0 Å². The van der Waals surface area contributed by atoms with Crippen molar-refractivity contribution in [3.05, 3.63) is 10.6 Å². The van der Waals surface area contributed by atoms with Crippen molar-refractivity contribution in [2.75, 3.05) is 7.11 Å². The van der Waals surface area contributed by atoms with Crippen LogP contribution in [-0.2, 0) is 10.1 Å². The van der Waals surface area contributed by atoms with E-state index in [0.29, 0.717) is 11.0 Å². The predicted molar refractivity (Wildman–Crippen MR) is 43.9 cm³/mol. The van der Waals surface area contributed by atoms with Crippen molar-refractivity contribution in [1.82, 2.24) is 9.59 Å². The van der Waals surface area contributed by atoms with Gasteiger partial charge in [0.15, 0.2) is 5.69 Å².